The van der Waals surface area contributed by atoms with Gasteiger partial charge in [0.05, 0.1) is 10.9 Å². The van der Waals surface area contributed by atoms with E-state index >= 15 is 4.79 Å². The molecule has 1 aromatic rings. The summed E-state index contributed by atoms with van der Waals surface area (Å²) in [6.07, 6.45) is 10.6. The molecule has 0 aromatic carbocycles. The number of carbonyl (C=O) groups is 5. The van der Waals surface area contributed by atoms with Gasteiger partial charge in [0.25, 0.3) is 11.8 Å². The molecule has 1 unspecified atom stereocenters. The van der Waals surface area contributed by atoms with Gasteiger partial charge in [-0.1, -0.05) is 87.1 Å². The number of hydrogen-bond acceptors (Lipinski definition) is 8. The molecular formula is C44H67N7O7S. The van der Waals surface area contributed by atoms with Crippen LogP contribution in [-0.4, -0.2) is 88.1 Å². The molecule has 59 heavy (non-hydrogen) atoms. The maximum atomic E-state index is 15.2. The van der Waals surface area contributed by atoms with E-state index in [2.05, 4.69) is 46.2 Å². The second-order valence-corrected chi connectivity index (χ2v) is 23.4. The lowest BCUT2D eigenvalue weighted by Gasteiger charge is -2.38. The molecule has 5 aliphatic carbocycles. The predicted octanol–water partition coefficient (Wildman–Crippen LogP) is 4.39. The molecule has 2 spiro atoms. The Morgan fingerprint density at radius 2 is 1.56 bits per heavy atom. The molecule has 1 aliphatic heterocycles. The van der Waals surface area contributed by atoms with Crippen LogP contribution in [-0.2, 0) is 41.7 Å². The molecule has 6 fully saturated rings. The smallest absolute Gasteiger partial charge is 0.270 e. The van der Waals surface area contributed by atoms with Gasteiger partial charge in [0.2, 0.25) is 27.7 Å². The topological polar surface area (TPSA) is 189 Å². The Kier molecular flexibility index (Phi) is 10.6. The second kappa shape index (κ2) is 14.4. The van der Waals surface area contributed by atoms with Gasteiger partial charge in [-0.3, -0.25) is 33.4 Å². The maximum Gasteiger partial charge on any atom is 0.270 e. The summed E-state index contributed by atoms with van der Waals surface area (Å²) in [5, 5.41) is 13.0. The van der Waals surface area contributed by atoms with Crippen molar-refractivity contribution < 1.29 is 32.4 Å². The van der Waals surface area contributed by atoms with Crippen LogP contribution in [0.25, 0.3) is 0 Å². The summed E-state index contributed by atoms with van der Waals surface area (Å²) < 4.78 is 29.4. The maximum absolute atomic E-state index is 15.2. The van der Waals surface area contributed by atoms with Crippen LogP contribution in [0.1, 0.15) is 149 Å². The molecule has 1 aromatic heterocycles. The number of fused-ring (bicyclic) bond motifs is 1. The number of nitrogens with zero attached hydrogens (tertiary/aromatic N) is 3. The Bertz CT molecular complexity index is 2030. The third-order valence-electron chi connectivity index (χ3n) is 15.6. The van der Waals surface area contributed by atoms with Gasteiger partial charge in [-0.2, -0.15) is 5.10 Å². The molecular weight excluding hydrogens is 771 g/mol. The number of carbonyl (C=O) groups excluding carboxylic acids is 5. The number of likely N-dealkylation sites (tertiary alicyclic amines) is 1. The van der Waals surface area contributed by atoms with E-state index in [0.29, 0.717) is 31.5 Å². The lowest BCUT2D eigenvalue weighted by molar-refractivity contribution is -0.145. The highest BCUT2D eigenvalue weighted by molar-refractivity contribution is 7.91. The summed E-state index contributed by atoms with van der Waals surface area (Å²) in [6, 6.07) is -1.17. The first-order chi connectivity index (χ1) is 27.4. The standard InChI is InChI=1S/C44H67N7O7S/c1-11-27-23-44(27,38(56)49-59(57,58)28-18-19-28)47-35(53)30-24-43(41(8,9)42(43)20-15-21-42)25-51(30)37(55)33(40(5,6)7)46-36(54)32(26-16-13-12-14-17-26)45-34(52)29-22-31(39(2,3)4)48-50(29)10/h11,22,26-28,30,32-33H,1,12-21,23-25H2,2-10H3,(H,45,52)(H,46,54)(H,47,53)(H,49,56)/t27-,30+,32?,33-,43-,44-/m1/s1. The van der Waals surface area contributed by atoms with E-state index in [0.717, 1.165) is 57.1 Å². The van der Waals surface area contributed by atoms with Crippen molar-refractivity contribution in [1.82, 2.24) is 35.4 Å². The molecule has 4 N–H and O–H groups in total. The van der Waals surface area contributed by atoms with Crippen molar-refractivity contribution in [2.24, 2.45) is 40.5 Å². The van der Waals surface area contributed by atoms with E-state index in [1.165, 1.54) is 4.68 Å². The first-order valence-electron chi connectivity index (χ1n) is 21.8. The van der Waals surface area contributed by atoms with Gasteiger partial charge in [-0.05, 0) is 79.6 Å². The van der Waals surface area contributed by atoms with Crippen molar-refractivity contribution in [3.05, 3.63) is 30.1 Å². The zero-order valence-corrected chi connectivity index (χ0v) is 37.4. The summed E-state index contributed by atoms with van der Waals surface area (Å²) in [5.41, 5.74) is -2.02. The minimum absolute atomic E-state index is 0.0281. The van der Waals surface area contributed by atoms with E-state index in [1.54, 1.807) is 24.1 Å². The lowest BCUT2D eigenvalue weighted by Crippen LogP contribution is -2.62. The van der Waals surface area contributed by atoms with Crippen LogP contribution in [0, 0.1) is 33.5 Å². The van der Waals surface area contributed by atoms with E-state index in [1.807, 2.05) is 41.5 Å². The average Bonchev–Trinajstić information content (AvgIpc) is 4.07. The zero-order chi connectivity index (χ0) is 43.3. The van der Waals surface area contributed by atoms with Crippen LogP contribution < -0.4 is 20.7 Å². The number of nitrogens with one attached hydrogen (secondary N) is 4. The molecule has 7 rings (SSSR count). The Hall–Kier alpha value is -3.75. The quantitative estimate of drug-likeness (QED) is 0.223. The summed E-state index contributed by atoms with van der Waals surface area (Å²) in [7, 11) is -2.17. The predicted molar refractivity (Wildman–Crippen MR) is 223 cm³/mol. The van der Waals surface area contributed by atoms with Gasteiger partial charge < -0.3 is 20.9 Å². The first kappa shape index (κ1) is 43.3. The van der Waals surface area contributed by atoms with Crippen molar-refractivity contribution in [3.63, 3.8) is 0 Å². The third-order valence-corrected chi connectivity index (χ3v) is 17.4. The Morgan fingerprint density at radius 1 is 0.915 bits per heavy atom. The average molecular weight is 838 g/mol. The van der Waals surface area contributed by atoms with Crippen molar-refractivity contribution in [2.75, 3.05) is 6.54 Å². The molecule has 6 atom stereocenters. The number of sulfonamides is 1. The Balaban J connectivity index is 1.17. The summed E-state index contributed by atoms with van der Waals surface area (Å²) in [4.78, 5) is 73.8. The largest absolute Gasteiger partial charge is 0.342 e. The van der Waals surface area contributed by atoms with Crippen LogP contribution in [0.4, 0.5) is 0 Å². The molecule has 5 amide bonds. The summed E-state index contributed by atoms with van der Waals surface area (Å²) >= 11 is 0. The zero-order valence-electron chi connectivity index (χ0n) is 36.6. The van der Waals surface area contributed by atoms with Gasteiger partial charge in [-0.25, -0.2) is 8.42 Å². The normalized spacial score (nSPS) is 29.5. The fourth-order valence-electron chi connectivity index (χ4n) is 11.3. The first-order valence-corrected chi connectivity index (χ1v) is 23.4. The number of amides is 5. The van der Waals surface area contributed by atoms with Crippen molar-refractivity contribution in [1.29, 1.82) is 0 Å². The molecule has 5 saturated carbocycles. The van der Waals surface area contributed by atoms with Crippen LogP contribution in [0.2, 0.25) is 0 Å². The third kappa shape index (κ3) is 7.22. The second-order valence-electron chi connectivity index (χ2n) is 21.5. The van der Waals surface area contributed by atoms with Crippen LogP contribution in [0.15, 0.2) is 18.7 Å². The molecule has 2 heterocycles. The van der Waals surface area contributed by atoms with Crippen molar-refractivity contribution in [2.45, 2.75) is 167 Å². The monoisotopic (exact) mass is 837 g/mol. The lowest BCUT2D eigenvalue weighted by atomic mass is 9.73. The number of hydrogen-bond donors (Lipinski definition) is 4. The van der Waals surface area contributed by atoms with E-state index in [4.69, 9.17) is 0 Å². The molecule has 6 aliphatic rings. The molecule has 326 valence electrons. The van der Waals surface area contributed by atoms with E-state index < -0.39 is 79.8 Å². The SMILES string of the molecule is C=C[C@@H]1C[C@]1(NC(=O)[C@@H]1C[C@@]2(CN1C(=O)[C@@H](NC(=O)C(NC(=O)c1cc(C(C)(C)C)nn1C)C1CCCCC1)C(C)(C)C)C(C)(C)C21CCC1)C(=O)NS(=O)(=O)C1CC1. The molecule has 15 heteroatoms. The van der Waals surface area contributed by atoms with E-state index in [9.17, 15) is 27.6 Å². The fraction of sp³-hybridized carbons (Fsp3) is 0.773. The molecule has 1 saturated heterocycles. The Labute approximate surface area is 350 Å². The highest BCUT2D eigenvalue weighted by atomic mass is 32.2. The number of aromatic nitrogens is 2. The van der Waals surface area contributed by atoms with Crippen LogP contribution in [0.5, 0.6) is 0 Å². The van der Waals surface area contributed by atoms with Crippen LogP contribution in [0.3, 0.4) is 0 Å². The van der Waals surface area contributed by atoms with Gasteiger partial charge in [0, 0.05) is 30.3 Å². The summed E-state index contributed by atoms with van der Waals surface area (Å²) in [6.45, 7) is 20.3. The van der Waals surface area contributed by atoms with Gasteiger partial charge >= 0.3 is 0 Å². The minimum atomic E-state index is -3.88. The van der Waals surface area contributed by atoms with Gasteiger partial charge in [-0.15, -0.1) is 6.58 Å². The fourth-order valence-corrected chi connectivity index (χ4v) is 12.6. The molecule has 0 radical (unpaired) electrons. The van der Waals surface area contributed by atoms with E-state index in [-0.39, 0.29) is 34.0 Å². The summed E-state index contributed by atoms with van der Waals surface area (Å²) in [5.74, 6) is -3.19. The number of rotatable bonds is 12. The highest BCUT2D eigenvalue weighted by Gasteiger charge is 2.85. The van der Waals surface area contributed by atoms with Crippen molar-refractivity contribution >= 4 is 39.6 Å². The van der Waals surface area contributed by atoms with Gasteiger partial charge in [0.15, 0.2) is 0 Å². The van der Waals surface area contributed by atoms with Crippen molar-refractivity contribution in [3.8, 4) is 0 Å². The van der Waals surface area contributed by atoms with Gasteiger partial charge in [0.1, 0.15) is 29.4 Å². The van der Waals surface area contributed by atoms with Crippen LogP contribution >= 0.6 is 0 Å². The highest BCUT2D eigenvalue weighted by Crippen LogP contribution is 2.88. The number of aryl methyl sites for hydroxylation is 1. The molecule has 0 bridgehead atoms. The Morgan fingerprint density at radius 3 is 2.05 bits per heavy atom. The molecule has 14 nitrogen and oxygen atoms in total. The minimum Gasteiger partial charge on any atom is -0.342 e.